The van der Waals surface area contributed by atoms with E-state index in [0.717, 1.165) is 11.1 Å². The summed E-state index contributed by atoms with van der Waals surface area (Å²) in [6.45, 7) is 6.19. The van der Waals surface area contributed by atoms with Crippen LogP contribution in [0.2, 0.25) is 0 Å². The smallest absolute Gasteiger partial charge is 0.258 e. The lowest BCUT2D eigenvalue weighted by molar-refractivity contribution is -0.120. The number of hydrogen-bond donors (Lipinski definition) is 1. The molecule has 0 spiro atoms. The van der Waals surface area contributed by atoms with Gasteiger partial charge < -0.3 is 10.2 Å². The van der Waals surface area contributed by atoms with Crippen molar-refractivity contribution in [3.05, 3.63) is 114 Å². The number of anilines is 1. The van der Waals surface area contributed by atoms with E-state index >= 15 is 0 Å². The molecule has 3 rings (SSSR count). The molecule has 0 saturated heterocycles. The molecule has 0 bridgehead atoms. The average Bonchev–Trinajstić information content (AvgIpc) is 2.77. The molecular formula is C26H25FN2O2. The van der Waals surface area contributed by atoms with Crippen LogP contribution in [0.3, 0.4) is 0 Å². The lowest BCUT2D eigenvalue weighted by Gasteiger charge is -2.24. The maximum Gasteiger partial charge on any atom is 0.258 e. The highest BCUT2D eigenvalue weighted by Gasteiger charge is 2.19. The van der Waals surface area contributed by atoms with E-state index in [4.69, 9.17) is 0 Å². The van der Waals surface area contributed by atoms with Crippen molar-refractivity contribution in [1.82, 2.24) is 5.32 Å². The maximum atomic E-state index is 13.7. The van der Waals surface area contributed by atoms with Crippen LogP contribution in [-0.4, -0.2) is 18.4 Å². The van der Waals surface area contributed by atoms with Crippen molar-refractivity contribution < 1.29 is 14.0 Å². The summed E-state index contributed by atoms with van der Waals surface area (Å²) >= 11 is 0. The molecular weight excluding hydrogens is 391 g/mol. The summed E-state index contributed by atoms with van der Waals surface area (Å²) in [6, 6.07) is 20.8. The number of rotatable bonds is 8. The minimum Gasteiger partial charge on any atom is -0.352 e. The van der Waals surface area contributed by atoms with Gasteiger partial charge in [0.05, 0.1) is 13.0 Å². The molecule has 0 aliphatic heterocycles. The topological polar surface area (TPSA) is 49.4 Å². The number of benzene rings is 3. The first-order valence-electron chi connectivity index (χ1n) is 10.1. The second-order valence-corrected chi connectivity index (χ2v) is 7.32. The predicted octanol–water partition coefficient (Wildman–Crippen LogP) is 4.83. The van der Waals surface area contributed by atoms with E-state index in [2.05, 4.69) is 11.9 Å². The van der Waals surface area contributed by atoms with Gasteiger partial charge in [0.2, 0.25) is 5.91 Å². The second kappa shape index (κ2) is 10.3. The van der Waals surface area contributed by atoms with Crippen LogP contribution in [0.15, 0.2) is 85.5 Å². The van der Waals surface area contributed by atoms with Crippen LogP contribution in [0.1, 0.15) is 27.0 Å². The van der Waals surface area contributed by atoms with Gasteiger partial charge >= 0.3 is 0 Å². The quantitative estimate of drug-likeness (QED) is 0.535. The summed E-state index contributed by atoms with van der Waals surface area (Å²) in [5.41, 5.74) is 3.81. The van der Waals surface area contributed by atoms with Crippen LogP contribution in [0.25, 0.3) is 0 Å². The Kier molecular flexibility index (Phi) is 7.33. The lowest BCUT2D eigenvalue weighted by atomic mass is 10.1. The average molecular weight is 416 g/mol. The largest absolute Gasteiger partial charge is 0.352 e. The molecule has 158 valence electrons. The minimum absolute atomic E-state index is 0.0972. The zero-order chi connectivity index (χ0) is 22.2. The zero-order valence-electron chi connectivity index (χ0n) is 17.5. The van der Waals surface area contributed by atoms with Crippen LogP contribution in [0.5, 0.6) is 0 Å². The molecule has 0 aromatic heterocycles. The van der Waals surface area contributed by atoms with E-state index in [1.807, 2.05) is 43.3 Å². The van der Waals surface area contributed by atoms with Gasteiger partial charge in [0.15, 0.2) is 0 Å². The number of hydrogen-bond acceptors (Lipinski definition) is 2. The summed E-state index contributed by atoms with van der Waals surface area (Å²) in [5, 5.41) is 2.74. The summed E-state index contributed by atoms with van der Waals surface area (Å²) < 4.78 is 13.7. The second-order valence-electron chi connectivity index (χ2n) is 7.32. The van der Waals surface area contributed by atoms with E-state index in [-0.39, 0.29) is 30.6 Å². The first kappa shape index (κ1) is 22.0. The Balaban J connectivity index is 1.86. The molecule has 0 fully saturated rings. The zero-order valence-corrected chi connectivity index (χ0v) is 17.5. The van der Waals surface area contributed by atoms with E-state index < -0.39 is 0 Å². The maximum absolute atomic E-state index is 13.7. The van der Waals surface area contributed by atoms with Crippen molar-refractivity contribution in [2.24, 2.45) is 0 Å². The number of nitrogens with one attached hydrogen (secondary N) is 1. The van der Waals surface area contributed by atoms with Gasteiger partial charge in [-0.3, -0.25) is 9.59 Å². The number of aryl methyl sites for hydroxylation is 1. The van der Waals surface area contributed by atoms with Gasteiger partial charge in [-0.05, 0) is 54.4 Å². The van der Waals surface area contributed by atoms with Crippen molar-refractivity contribution in [3.8, 4) is 0 Å². The van der Waals surface area contributed by atoms with Crippen molar-refractivity contribution in [3.63, 3.8) is 0 Å². The lowest BCUT2D eigenvalue weighted by Crippen LogP contribution is -2.30. The highest BCUT2D eigenvalue weighted by Crippen LogP contribution is 2.22. The molecule has 4 nitrogen and oxygen atoms in total. The number of halogens is 1. The summed E-state index contributed by atoms with van der Waals surface area (Å²) in [4.78, 5) is 26.8. The first-order valence-corrected chi connectivity index (χ1v) is 10.1. The van der Waals surface area contributed by atoms with Crippen LogP contribution in [0.4, 0.5) is 10.1 Å². The molecule has 31 heavy (non-hydrogen) atoms. The van der Waals surface area contributed by atoms with E-state index in [1.165, 1.54) is 12.1 Å². The number of carbonyl (C=O) groups is 2. The van der Waals surface area contributed by atoms with E-state index in [1.54, 1.807) is 35.2 Å². The molecule has 3 aromatic carbocycles. The number of carbonyl (C=O) groups excluding carboxylic acids is 2. The van der Waals surface area contributed by atoms with Gasteiger partial charge in [0.25, 0.3) is 5.91 Å². The first-order chi connectivity index (χ1) is 15.0. The Morgan fingerprint density at radius 2 is 1.71 bits per heavy atom. The third kappa shape index (κ3) is 6.12. The molecule has 0 saturated carbocycles. The van der Waals surface area contributed by atoms with Gasteiger partial charge in [-0.25, -0.2) is 4.39 Å². The Morgan fingerprint density at radius 1 is 1.00 bits per heavy atom. The molecule has 2 amide bonds. The fraction of sp³-hybridized carbons (Fsp3) is 0.154. The fourth-order valence-electron chi connectivity index (χ4n) is 3.18. The fourth-order valence-corrected chi connectivity index (χ4v) is 3.18. The highest BCUT2D eigenvalue weighted by molar-refractivity contribution is 6.06. The molecule has 0 aliphatic carbocycles. The summed E-state index contributed by atoms with van der Waals surface area (Å²) in [7, 11) is 0. The third-order valence-electron chi connectivity index (χ3n) is 4.83. The highest BCUT2D eigenvalue weighted by atomic mass is 19.1. The third-order valence-corrected chi connectivity index (χ3v) is 4.83. The normalized spacial score (nSPS) is 10.4. The minimum atomic E-state index is -0.346. The van der Waals surface area contributed by atoms with Crippen molar-refractivity contribution in [2.75, 3.05) is 11.4 Å². The van der Waals surface area contributed by atoms with Gasteiger partial charge in [-0.15, -0.1) is 6.58 Å². The number of amides is 2. The molecule has 0 atom stereocenters. The van der Waals surface area contributed by atoms with Crippen LogP contribution in [-0.2, 0) is 17.8 Å². The SMILES string of the molecule is C=CCNC(=O)Cc1ccc(N(Cc2cccc(F)c2)C(=O)c2ccc(C)cc2)cc1. The van der Waals surface area contributed by atoms with Crippen LogP contribution < -0.4 is 10.2 Å². The monoisotopic (exact) mass is 416 g/mol. The van der Waals surface area contributed by atoms with Gasteiger partial charge in [-0.1, -0.05) is 48.0 Å². The van der Waals surface area contributed by atoms with Crippen LogP contribution in [0, 0.1) is 12.7 Å². The Bertz CT molecular complexity index is 1060. The molecule has 3 aromatic rings. The molecule has 0 radical (unpaired) electrons. The standard InChI is InChI=1S/C26H25FN2O2/c1-3-15-28-25(30)17-20-9-13-24(14-10-20)29(18-21-5-4-6-23(27)16-21)26(31)22-11-7-19(2)8-12-22/h3-14,16H,1,15,17-18H2,2H3,(H,28,30). The molecule has 0 aliphatic rings. The summed E-state index contributed by atoms with van der Waals surface area (Å²) in [6.07, 6.45) is 1.87. The van der Waals surface area contributed by atoms with Crippen molar-refractivity contribution in [2.45, 2.75) is 19.9 Å². The predicted molar refractivity (Wildman–Crippen MR) is 121 cm³/mol. The molecule has 0 heterocycles. The van der Waals surface area contributed by atoms with Crippen molar-refractivity contribution in [1.29, 1.82) is 0 Å². The van der Waals surface area contributed by atoms with Gasteiger partial charge in [-0.2, -0.15) is 0 Å². The molecule has 0 unspecified atom stereocenters. The Labute approximate surface area is 182 Å². The van der Waals surface area contributed by atoms with Gasteiger partial charge in [0, 0.05) is 17.8 Å². The molecule has 5 heteroatoms. The van der Waals surface area contributed by atoms with E-state index in [9.17, 15) is 14.0 Å². The van der Waals surface area contributed by atoms with Crippen molar-refractivity contribution >= 4 is 17.5 Å². The number of nitrogens with zero attached hydrogens (tertiary/aromatic N) is 1. The Morgan fingerprint density at radius 3 is 2.35 bits per heavy atom. The Hall–Kier alpha value is -3.73. The van der Waals surface area contributed by atoms with Gasteiger partial charge in [0.1, 0.15) is 5.82 Å². The van der Waals surface area contributed by atoms with Crippen LogP contribution >= 0.6 is 0 Å². The summed E-state index contributed by atoms with van der Waals surface area (Å²) in [5.74, 6) is -0.623. The molecule has 1 N–H and O–H groups in total. The van der Waals surface area contributed by atoms with E-state index in [0.29, 0.717) is 23.4 Å².